The van der Waals surface area contributed by atoms with Crippen molar-refractivity contribution in [1.29, 1.82) is 0 Å². The quantitative estimate of drug-likeness (QED) is 0.778. The zero-order valence-corrected chi connectivity index (χ0v) is 11.3. The van der Waals surface area contributed by atoms with Crippen LogP contribution in [0.1, 0.15) is 21.5 Å². The van der Waals surface area contributed by atoms with E-state index in [0.717, 1.165) is 17.4 Å². The summed E-state index contributed by atoms with van der Waals surface area (Å²) in [6, 6.07) is 11.1. The van der Waals surface area contributed by atoms with E-state index in [1.54, 1.807) is 19.2 Å². The zero-order valence-electron chi connectivity index (χ0n) is 11.3. The summed E-state index contributed by atoms with van der Waals surface area (Å²) < 4.78 is 11.1. The molecule has 2 aromatic rings. The second-order valence-electron chi connectivity index (χ2n) is 4.39. The van der Waals surface area contributed by atoms with Gasteiger partial charge in [-0.3, -0.25) is 4.79 Å². The Bertz CT molecular complexity index is 603. The highest BCUT2D eigenvalue weighted by atomic mass is 16.5. The van der Waals surface area contributed by atoms with Crippen LogP contribution in [-0.4, -0.2) is 13.4 Å². The minimum atomic E-state index is 0.659. The second kappa shape index (κ2) is 5.57. The van der Waals surface area contributed by atoms with Crippen LogP contribution in [0.5, 0.6) is 17.2 Å². The average molecular weight is 256 g/mol. The number of methoxy groups -OCH3 is 1. The maximum atomic E-state index is 10.8. The maximum Gasteiger partial charge on any atom is 0.169 e. The lowest BCUT2D eigenvalue weighted by molar-refractivity contribution is 0.112. The van der Waals surface area contributed by atoms with Crippen LogP contribution in [0.4, 0.5) is 0 Å². The van der Waals surface area contributed by atoms with Gasteiger partial charge in [-0.15, -0.1) is 0 Å². The van der Waals surface area contributed by atoms with E-state index in [2.05, 4.69) is 0 Å². The average Bonchev–Trinajstić information content (AvgIpc) is 2.41. The van der Waals surface area contributed by atoms with Gasteiger partial charge in [0.05, 0.1) is 7.11 Å². The van der Waals surface area contributed by atoms with Crippen molar-refractivity contribution in [2.24, 2.45) is 0 Å². The Kier molecular flexibility index (Phi) is 3.85. The van der Waals surface area contributed by atoms with Crippen molar-refractivity contribution in [2.75, 3.05) is 7.11 Å². The van der Waals surface area contributed by atoms with Crippen LogP contribution in [0.15, 0.2) is 36.4 Å². The van der Waals surface area contributed by atoms with Gasteiger partial charge in [-0.25, -0.2) is 0 Å². The summed E-state index contributed by atoms with van der Waals surface area (Å²) in [5.74, 6) is 2.04. The van der Waals surface area contributed by atoms with Gasteiger partial charge in [-0.1, -0.05) is 6.07 Å². The molecule has 0 spiro atoms. The van der Waals surface area contributed by atoms with Crippen molar-refractivity contribution in [3.63, 3.8) is 0 Å². The molecule has 2 aromatic carbocycles. The van der Waals surface area contributed by atoms with Crippen molar-refractivity contribution >= 4 is 6.29 Å². The Morgan fingerprint density at radius 3 is 2.42 bits per heavy atom. The van der Waals surface area contributed by atoms with E-state index in [1.165, 1.54) is 0 Å². The van der Waals surface area contributed by atoms with E-state index in [-0.39, 0.29) is 0 Å². The molecule has 0 N–H and O–H groups in total. The lowest BCUT2D eigenvalue weighted by atomic mass is 10.1. The zero-order chi connectivity index (χ0) is 13.8. The van der Waals surface area contributed by atoms with Crippen LogP contribution in [-0.2, 0) is 0 Å². The molecule has 0 bridgehead atoms. The van der Waals surface area contributed by atoms with Crippen molar-refractivity contribution in [3.05, 3.63) is 53.1 Å². The van der Waals surface area contributed by atoms with Gasteiger partial charge >= 0.3 is 0 Å². The number of carbonyl (C=O) groups is 1. The summed E-state index contributed by atoms with van der Waals surface area (Å²) in [6.07, 6.45) is 0.839. The lowest BCUT2D eigenvalue weighted by Crippen LogP contribution is -1.92. The molecule has 0 aromatic heterocycles. The monoisotopic (exact) mass is 256 g/mol. The number of benzene rings is 2. The van der Waals surface area contributed by atoms with E-state index in [0.29, 0.717) is 22.8 Å². The van der Waals surface area contributed by atoms with E-state index >= 15 is 0 Å². The number of carbonyl (C=O) groups excluding carboxylic acids is 1. The predicted octanol–water partition coefficient (Wildman–Crippen LogP) is 3.92. The summed E-state index contributed by atoms with van der Waals surface area (Å²) in [4.78, 5) is 10.8. The lowest BCUT2D eigenvalue weighted by Gasteiger charge is -2.11. The van der Waals surface area contributed by atoms with Crippen molar-refractivity contribution in [1.82, 2.24) is 0 Å². The van der Waals surface area contributed by atoms with Gasteiger partial charge < -0.3 is 9.47 Å². The maximum absolute atomic E-state index is 10.8. The molecule has 2 rings (SSSR count). The minimum absolute atomic E-state index is 0.659. The highest BCUT2D eigenvalue weighted by molar-refractivity contribution is 5.77. The molecule has 0 atom stereocenters. The molecule has 0 unspecified atom stereocenters. The number of rotatable bonds is 4. The Morgan fingerprint density at radius 1 is 1.00 bits per heavy atom. The standard InChI is InChI=1S/C16H16O3/c1-11-4-7-15(16(8-11)18-3)19-14-6-5-13(10-17)12(2)9-14/h4-10H,1-3H3. The molecule has 0 fully saturated rings. The SMILES string of the molecule is COc1cc(C)ccc1Oc1ccc(C=O)c(C)c1. The number of aldehydes is 1. The van der Waals surface area contributed by atoms with Crippen LogP contribution in [0.3, 0.4) is 0 Å². The third-order valence-electron chi connectivity index (χ3n) is 2.92. The molecule has 3 heteroatoms. The largest absolute Gasteiger partial charge is 0.493 e. The van der Waals surface area contributed by atoms with Gasteiger partial charge in [0.2, 0.25) is 0 Å². The molecule has 3 nitrogen and oxygen atoms in total. The fourth-order valence-electron chi connectivity index (χ4n) is 1.83. The fraction of sp³-hybridized carbons (Fsp3) is 0.188. The minimum Gasteiger partial charge on any atom is -0.493 e. The van der Waals surface area contributed by atoms with Crippen molar-refractivity contribution in [2.45, 2.75) is 13.8 Å². The molecule has 0 saturated carbocycles. The Labute approximate surface area is 112 Å². The summed E-state index contributed by atoms with van der Waals surface area (Å²) >= 11 is 0. The first-order valence-electron chi connectivity index (χ1n) is 6.02. The van der Waals surface area contributed by atoms with Gasteiger partial charge in [0.25, 0.3) is 0 Å². The third kappa shape index (κ3) is 2.94. The first-order chi connectivity index (χ1) is 9.13. The molecule has 0 aliphatic rings. The van der Waals surface area contributed by atoms with Gasteiger partial charge in [-0.05, 0) is 55.3 Å². The van der Waals surface area contributed by atoms with E-state index < -0.39 is 0 Å². The molecule has 0 aliphatic carbocycles. The predicted molar refractivity (Wildman–Crippen MR) is 74.4 cm³/mol. The van der Waals surface area contributed by atoms with Crippen LogP contribution in [0.25, 0.3) is 0 Å². The molecule has 0 aliphatic heterocycles. The van der Waals surface area contributed by atoms with Gasteiger partial charge in [0.15, 0.2) is 11.5 Å². The summed E-state index contributed by atoms with van der Waals surface area (Å²) in [7, 11) is 1.61. The highest BCUT2D eigenvalue weighted by Gasteiger charge is 2.07. The first-order valence-corrected chi connectivity index (χ1v) is 6.02. The summed E-state index contributed by atoms with van der Waals surface area (Å²) in [5.41, 5.74) is 2.67. The van der Waals surface area contributed by atoms with Gasteiger partial charge in [-0.2, -0.15) is 0 Å². The molecule has 19 heavy (non-hydrogen) atoms. The molecule has 0 amide bonds. The van der Waals surface area contributed by atoms with Crippen LogP contribution in [0.2, 0.25) is 0 Å². The number of hydrogen-bond acceptors (Lipinski definition) is 3. The fourth-order valence-corrected chi connectivity index (χ4v) is 1.83. The number of hydrogen-bond donors (Lipinski definition) is 0. The third-order valence-corrected chi connectivity index (χ3v) is 2.92. The number of ether oxygens (including phenoxy) is 2. The molecular formula is C16H16O3. The van der Waals surface area contributed by atoms with Crippen molar-refractivity contribution < 1.29 is 14.3 Å². The van der Waals surface area contributed by atoms with Crippen molar-refractivity contribution in [3.8, 4) is 17.2 Å². The topological polar surface area (TPSA) is 35.5 Å². The van der Waals surface area contributed by atoms with Crippen LogP contribution < -0.4 is 9.47 Å². The van der Waals surface area contributed by atoms with Crippen LogP contribution in [0, 0.1) is 13.8 Å². The van der Waals surface area contributed by atoms with E-state index in [1.807, 2.05) is 38.1 Å². The summed E-state index contributed by atoms with van der Waals surface area (Å²) in [6.45, 7) is 3.87. The highest BCUT2D eigenvalue weighted by Crippen LogP contribution is 2.32. The number of aryl methyl sites for hydroxylation is 2. The van der Waals surface area contributed by atoms with E-state index in [4.69, 9.17) is 9.47 Å². The first kappa shape index (κ1) is 13.1. The molecule has 98 valence electrons. The van der Waals surface area contributed by atoms with Crippen LogP contribution >= 0.6 is 0 Å². The molecule has 0 radical (unpaired) electrons. The Morgan fingerprint density at radius 2 is 1.79 bits per heavy atom. The second-order valence-corrected chi connectivity index (χ2v) is 4.39. The van der Waals surface area contributed by atoms with Gasteiger partial charge in [0.1, 0.15) is 12.0 Å². The smallest absolute Gasteiger partial charge is 0.169 e. The Hall–Kier alpha value is -2.29. The molecule has 0 heterocycles. The van der Waals surface area contributed by atoms with Gasteiger partial charge in [0, 0.05) is 5.56 Å². The van der Waals surface area contributed by atoms with E-state index in [9.17, 15) is 4.79 Å². The normalized spacial score (nSPS) is 10.1. The molecular weight excluding hydrogens is 240 g/mol. The summed E-state index contributed by atoms with van der Waals surface area (Å²) in [5, 5.41) is 0. The molecule has 0 saturated heterocycles. The Balaban J connectivity index is 2.30.